The van der Waals surface area contributed by atoms with Crippen molar-refractivity contribution in [3.8, 4) is 0 Å². The smallest absolute Gasteiger partial charge is 0.316 e. The average molecular weight is 418 g/mol. The molecule has 0 bridgehead atoms. The summed E-state index contributed by atoms with van der Waals surface area (Å²) in [4.78, 5) is 28.4. The van der Waals surface area contributed by atoms with Gasteiger partial charge in [0.1, 0.15) is 0 Å². The number of aromatic nitrogens is 2. The number of hydrogen-bond donors (Lipinski definition) is 0. The molecule has 0 aliphatic heterocycles. The molecule has 2 aromatic rings. The highest BCUT2D eigenvalue weighted by Crippen LogP contribution is 2.19. The molecule has 0 radical (unpaired) electrons. The second-order valence-corrected chi connectivity index (χ2v) is 6.39. The van der Waals surface area contributed by atoms with E-state index in [9.17, 15) is 9.59 Å². The summed E-state index contributed by atoms with van der Waals surface area (Å²) < 4.78 is 7.47. The molecule has 1 aromatic carbocycles. The molecule has 1 heterocycles. The zero-order valence-corrected chi connectivity index (χ0v) is 14.7. The Hall–Kier alpha value is -1.09. The molecule has 0 unspecified atom stereocenters. The first-order valence-electron chi connectivity index (χ1n) is 6.55. The van der Waals surface area contributed by atoms with E-state index in [0.29, 0.717) is 29.2 Å². The third-order valence-corrected chi connectivity index (χ3v) is 4.44. The second kappa shape index (κ2) is 7.26. The number of benzene rings is 1. The monoisotopic (exact) mass is 418 g/mol. The maximum Gasteiger partial charge on any atom is 0.316 e. The molecule has 0 N–H and O–H groups in total. The number of hydrogen-bond acceptors (Lipinski definition) is 5. The van der Waals surface area contributed by atoms with Gasteiger partial charge in [-0.1, -0.05) is 11.8 Å². The molecule has 1 aromatic heterocycles. The number of fused-ring (bicyclic) bond motifs is 1. The Balaban J connectivity index is 2.41. The van der Waals surface area contributed by atoms with Crippen molar-refractivity contribution in [2.24, 2.45) is 0 Å². The van der Waals surface area contributed by atoms with Gasteiger partial charge < -0.3 is 4.74 Å². The van der Waals surface area contributed by atoms with Crippen LogP contribution in [0.3, 0.4) is 0 Å². The van der Waals surface area contributed by atoms with Crippen LogP contribution in [0.2, 0.25) is 0 Å². The maximum absolute atomic E-state index is 12.5. The highest BCUT2D eigenvalue weighted by molar-refractivity contribution is 14.1. The van der Waals surface area contributed by atoms with E-state index in [1.165, 1.54) is 11.8 Å². The predicted octanol–water partition coefficient (Wildman–Crippen LogP) is 2.68. The van der Waals surface area contributed by atoms with Crippen LogP contribution in [0.15, 0.2) is 28.2 Å². The lowest BCUT2D eigenvalue weighted by molar-refractivity contribution is -0.139. The van der Waals surface area contributed by atoms with E-state index in [0.717, 1.165) is 3.57 Å². The molecule has 5 nitrogen and oxygen atoms in total. The van der Waals surface area contributed by atoms with Crippen LogP contribution in [0.1, 0.15) is 13.8 Å². The summed E-state index contributed by atoms with van der Waals surface area (Å²) in [6, 6.07) is 5.57. The Morgan fingerprint density at radius 1 is 1.43 bits per heavy atom. The van der Waals surface area contributed by atoms with E-state index in [1.54, 1.807) is 11.5 Å². The molecule has 0 fully saturated rings. The van der Waals surface area contributed by atoms with Crippen molar-refractivity contribution in [3.63, 3.8) is 0 Å². The van der Waals surface area contributed by atoms with Crippen LogP contribution in [-0.2, 0) is 16.1 Å². The first-order valence-corrected chi connectivity index (χ1v) is 8.61. The minimum atomic E-state index is -0.304. The van der Waals surface area contributed by atoms with Crippen LogP contribution in [0.4, 0.5) is 0 Å². The number of rotatable bonds is 5. The second-order valence-electron chi connectivity index (χ2n) is 4.20. The highest BCUT2D eigenvalue weighted by Gasteiger charge is 2.12. The van der Waals surface area contributed by atoms with Crippen molar-refractivity contribution in [2.75, 3.05) is 12.4 Å². The standard InChI is InChI=1S/C14H15IN2O3S/c1-3-17-13(19)10-7-9(15)5-6-11(10)16-14(17)21-8-12(18)20-4-2/h5-7H,3-4,8H2,1-2H3. The van der Waals surface area contributed by atoms with Crippen LogP contribution in [0.5, 0.6) is 0 Å². The van der Waals surface area contributed by atoms with Crippen molar-refractivity contribution in [3.05, 3.63) is 32.1 Å². The van der Waals surface area contributed by atoms with Crippen LogP contribution in [0.25, 0.3) is 10.9 Å². The van der Waals surface area contributed by atoms with Crippen molar-refractivity contribution in [1.82, 2.24) is 9.55 Å². The first-order chi connectivity index (χ1) is 10.1. The molecule has 0 atom stereocenters. The molecule has 0 spiro atoms. The fraction of sp³-hybridized carbons (Fsp3) is 0.357. The molecule has 112 valence electrons. The fourth-order valence-corrected chi connectivity index (χ4v) is 3.24. The van der Waals surface area contributed by atoms with Gasteiger partial charge >= 0.3 is 5.97 Å². The molecular formula is C14H15IN2O3S. The molecule has 0 saturated heterocycles. The van der Waals surface area contributed by atoms with E-state index in [-0.39, 0.29) is 17.3 Å². The Labute approximate surface area is 140 Å². The van der Waals surface area contributed by atoms with Gasteiger partial charge in [-0.25, -0.2) is 4.98 Å². The number of halogens is 1. The zero-order chi connectivity index (χ0) is 15.4. The van der Waals surface area contributed by atoms with E-state index >= 15 is 0 Å². The summed E-state index contributed by atoms with van der Waals surface area (Å²) in [5.74, 6) is -0.155. The number of thioether (sulfide) groups is 1. The zero-order valence-electron chi connectivity index (χ0n) is 11.8. The molecule has 21 heavy (non-hydrogen) atoms. The summed E-state index contributed by atoms with van der Waals surface area (Å²) in [5, 5.41) is 1.15. The Morgan fingerprint density at radius 2 is 2.19 bits per heavy atom. The van der Waals surface area contributed by atoms with Crippen LogP contribution < -0.4 is 5.56 Å². The third kappa shape index (κ3) is 3.76. The SMILES string of the molecule is CCOC(=O)CSc1nc2ccc(I)cc2c(=O)n1CC. The largest absolute Gasteiger partial charge is 0.465 e. The molecule has 2 rings (SSSR count). The highest BCUT2D eigenvalue weighted by atomic mass is 127. The molecule has 0 amide bonds. The topological polar surface area (TPSA) is 61.2 Å². The van der Waals surface area contributed by atoms with Crippen molar-refractivity contribution in [1.29, 1.82) is 0 Å². The molecule has 0 aliphatic carbocycles. The van der Waals surface area contributed by atoms with Gasteiger partial charge in [0.2, 0.25) is 0 Å². The lowest BCUT2D eigenvalue weighted by Gasteiger charge is -2.11. The number of carbonyl (C=O) groups is 1. The van der Waals surface area contributed by atoms with E-state index < -0.39 is 0 Å². The summed E-state index contributed by atoms with van der Waals surface area (Å²) in [5.41, 5.74) is 0.573. The van der Waals surface area contributed by atoms with Gasteiger partial charge in [0.25, 0.3) is 5.56 Å². The summed E-state index contributed by atoms with van der Waals surface area (Å²) in [6.07, 6.45) is 0. The Morgan fingerprint density at radius 3 is 2.86 bits per heavy atom. The maximum atomic E-state index is 12.5. The first kappa shape index (κ1) is 16.3. The minimum Gasteiger partial charge on any atom is -0.465 e. The molecule has 0 saturated carbocycles. The van der Waals surface area contributed by atoms with Crippen molar-refractivity contribution in [2.45, 2.75) is 25.5 Å². The molecular weight excluding hydrogens is 403 g/mol. The van der Waals surface area contributed by atoms with Gasteiger partial charge in [0.15, 0.2) is 5.16 Å². The van der Waals surface area contributed by atoms with Gasteiger partial charge in [-0.05, 0) is 54.6 Å². The summed E-state index contributed by atoms with van der Waals surface area (Å²) in [6.45, 7) is 4.51. The Kier molecular flexibility index (Phi) is 5.63. The van der Waals surface area contributed by atoms with Gasteiger partial charge in [0, 0.05) is 10.1 Å². The summed E-state index contributed by atoms with van der Waals surface area (Å²) >= 11 is 3.40. The van der Waals surface area contributed by atoms with E-state index in [4.69, 9.17) is 4.74 Å². The average Bonchev–Trinajstić information content (AvgIpc) is 2.46. The fourth-order valence-electron chi connectivity index (χ4n) is 1.89. The Bertz CT molecular complexity index is 730. The van der Waals surface area contributed by atoms with Crippen LogP contribution >= 0.6 is 34.4 Å². The van der Waals surface area contributed by atoms with Gasteiger partial charge in [-0.2, -0.15) is 0 Å². The van der Waals surface area contributed by atoms with E-state index in [2.05, 4.69) is 27.6 Å². The number of carbonyl (C=O) groups excluding carboxylic acids is 1. The predicted molar refractivity (Wildman–Crippen MR) is 91.8 cm³/mol. The summed E-state index contributed by atoms with van der Waals surface area (Å²) in [7, 11) is 0. The number of ether oxygens (including phenoxy) is 1. The number of esters is 1. The normalized spacial score (nSPS) is 10.8. The van der Waals surface area contributed by atoms with Crippen LogP contribution in [0, 0.1) is 3.57 Å². The van der Waals surface area contributed by atoms with Gasteiger partial charge in [-0.15, -0.1) is 0 Å². The van der Waals surface area contributed by atoms with Crippen molar-refractivity contribution >= 4 is 51.2 Å². The van der Waals surface area contributed by atoms with E-state index in [1.807, 2.05) is 25.1 Å². The molecule has 0 aliphatic rings. The lowest BCUT2D eigenvalue weighted by Crippen LogP contribution is -2.23. The molecule has 7 heteroatoms. The van der Waals surface area contributed by atoms with Crippen molar-refractivity contribution < 1.29 is 9.53 Å². The lowest BCUT2D eigenvalue weighted by atomic mass is 10.2. The minimum absolute atomic E-state index is 0.0765. The van der Waals surface area contributed by atoms with Gasteiger partial charge in [0.05, 0.1) is 23.3 Å². The number of nitrogens with zero attached hydrogens (tertiary/aromatic N) is 2. The van der Waals surface area contributed by atoms with Gasteiger partial charge in [-0.3, -0.25) is 14.2 Å². The quantitative estimate of drug-likeness (QED) is 0.324. The third-order valence-electron chi connectivity index (χ3n) is 2.82. The van der Waals surface area contributed by atoms with Crippen LogP contribution in [-0.4, -0.2) is 27.9 Å².